The summed E-state index contributed by atoms with van der Waals surface area (Å²) in [4.78, 5) is 0. The Bertz CT molecular complexity index is 438. The molecule has 1 atom stereocenters. The van der Waals surface area contributed by atoms with Crippen molar-refractivity contribution in [2.75, 3.05) is 6.61 Å². The Balaban J connectivity index is 1.67. The minimum atomic E-state index is -0.602. The van der Waals surface area contributed by atoms with E-state index in [1.165, 1.54) is 11.1 Å². The molecule has 2 aliphatic carbocycles. The Morgan fingerprint density at radius 3 is 2.89 bits per heavy atom. The van der Waals surface area contributed by atoms with Crippen LogP contribution in [0.25, 0.3) is 0 Å². The molecule has 0 saturated heterocycles. The van der Waals surface area contributed by atoms with Crippen LogP contribution in [0, 0.1) is 0 Å². The molecule has 3 nitrogen and oxygen atoms in total. The van der Waals surface area contributed by atoms with Crippen LogP contribution in [0.5, 0.6) is 5.75 Å². The molecule has 2 aliphatic rings. The van der Waals surface area contributed by atoms with Crippen molar-refractivity contribution in [3.05, 3.63) is 29.3 Å². The summed E-state index contributed by atoms with van der Waals surface area (Å²) in [6.07, 6.45) is 6.02. The van der Waals surface area contributed by atoms with Gasteiger partial charge in [0.25, 0.3) is 0 Å². The van der Waals surface area contributed by atoms with E-state index in [0.717, 1.165) is 44.3 Å². The zero-order valence-electron chi connectivity index (χ0n) is 10.7. The molecular formula is C15H21NO2. The summed E-state index contributed by atoms with van der Waals surface area (Å²) in [7, 11) is 0. The summed E-state index contributed by atoms with van der Waals surface area (Å²) in [5, 5.41) is 10.2. The maximum Gasteiger partial charge on any atom is 0.119 e. The van der Waals surface area contributed by atoms with E-state index in [4.69, 9.17) is 10.5 Å². The number of hydrogen-bond donors (Lipinski definition) is 2. The molecule has 0 aliphatic heterocycles. The Morgan fingerprint density at radius 2 is 2.11 bits per heavy atom. The van der Waals surface area contributed by atoms with Gasteiger partial charge in [-0.15, -0.1) is 0 Å². The number of hydrogen-bond acceptors (Lipinski definition) is 3. The monoisotopic (exact) mass is 247 g/mol. The topological polar surface area (TPSA) is 55.5 Å². The zero-order valence-corrected chi connectivity index (χ0v) is 10.7. The first kappa shape index (κ1) is 12.0. The molecule has 0 unspecified atom stereocenters. The molecule has 18 heavy (non-hydrogen) atoms. The van der Waals surface area contributed by atoms with Crippen molar-refractivity contribution in [3.8, 4) is 5.75 Å². The minimum Gasteiger partial charge on any atom is -0.491 e. The maximum absolute atomic E-state index is 10.2. The Morgan fingerprint density at radius 1 is 1.33 bits per heavy atom. The molecule has 1 saturated carbocycles. The first-order valence-electron chi connectivity index (χ1n) is 6.90. The highest BCUT2D eigenvalue weighted by Gasteiger charge is 2.32. The standard InChI is InChI=1S/C15H21NO2/c16-14-6-3-11-9-12(4-5-13(11)14)18-10-15(17)7-1-2-8-15/h4-5,9,14,17H,1-3,6-8,10,16H2/t14-/m1/s1. The van der Waals surface area contributed by atoms with Crippen molar-refractivity contribution in [1.29, 1.82) is 0 Å². The lowest BCUT2D eigenvalue weighted by molar-refractivity contribution is 0.00139. The molecule has 1 aromatic rings. The van der Waals surface area contributed by atoms with Gasteiger partial charge in [0.05, 0.1) is 5.60 Å². The summed E-state index contributed by atoms with van der Waals surface area (Å²) < 4.78 is 5.76. The third-order valence-electron chi connectivity index (χ3n) is 4.28. The summed E-state index contributed by atoms with van der Waals surface area (Å²) >= 11 is 0. The van der Waals surface area contributed by atoms with Crippen molar-refractivity contribution in [2.45, 2.75) is 50.2 Å². The van der Waals surface area contributed by atoms with Gasteiger partial charge in [0, 0.05) is 6.04 Å². The molecule has 1 aromatic carbocycles. The number of aryl methyl sites for hydroxylation is 1. The lowest BCUT2D eigenvalue weighted by Gasteiger charge is -2.22. The van der Waals surface area contributed by atoms with E-state index in [1.54, 1.807) is 0 Å². The largest absolute Gasteiger partial charge is 0.491 e. The van der Waals surface area contributed by atoms with Gasteiger partial charge >= 0.3 is 0 Å². The highest BCUT2D eigenvalue weighted by molar-refractivity contribution is 5.40. The van der Waals surface area contributed by atoms with E-state index >= 15 is 0 Å². The predicted molar refractivity (Wildman–Crippen MR) is 70.6 cm³/mol. The number of fused-ring (bicyclic) bond motifs is 1. The number of aliphatic hydroxyl groups is 1. The normalized spacial score (nSPS) is 25.1. The van der Waals surface area contributed by atoms with E-state index in [-0.39, 0.29) is 6.04 Å². The van der Waals surface area contributed by atoms with Crippen LogP contribution in [0.4, 0.5) is 0 Å². The molecule has 3 heteroatoms. The molecule has 0 heterocycles. The van der Waals surface area contributed by atoms with Gasteiger partial charge in [0.1, 0.15) is 12.4 Å². The van der Waals surface area contributed by atoms with Crippen molar-refractivity contribution < 1.29 is 9.84 Å². The first-order chi connectivity index (χ1) is 8.66. The van der Waals surface area contributed by atoms with Crippen molar-refractivity contribution in [1.82, 2.24) is 0 Å². The molecule has 0 amide bonds. The van der Waals surface area contributed by atoms with E-state index in [9.17, 15) is 5.11 Å². The fourth-order valence-corrected chi connectivity index (χ4v) is 3.11. The van der Waals surface area contributed by atoms with Crippen LogP contribution in [0.3, 0.4) is 0 Å². The second-order valence-electron chi connectivity index (χ2n) is 5.73. The Kier molecular flexibility index (Phi) is 3.04. The molecule has 1 fully saturated rings. The smallest absolute Gasteiger partial charge is 0.119 e. The van der Waals surface area contributed by atoms with Crippen LogP contribution in [0.1, 0.15) is 49.3 Å². The fraction of sp³-hybridized carbons (Fsp3) is 0.600. The number of nitrogens with two attached hydrogens (primary N) is 1. The van der Waals surface area contributed by atoms with Gasteiger partial charge in [-0.25, -0.2) is 0 Å². The first-order valence-corrected chi connectivity index (χ1v) is 6.90. The Labute approximate surface area is 108 Å². The van der Waals surface area contributed by atoms with Crippen LogP contribution < -0.4 is 10.5 Å². The summed E-state index contributed by atoms with van der Waals surface area (Å²) in [5.74, 6) is 0.864. The summed E-state index contributed by atoms with van der Waals surface area (Å²) in [6, 6.07) is 6.32. The van der Waals surface area contributed by atoms with Gasteiger partial charge in [-0.2, -0.15) is 0 Å². The Hall–Kier alpha value is -1.06. The van der Waals surface area contributed by atoms with Gasteiger partial charge in [0.2, 0.25) is 0 Å². The average Bonchev–Trinajstić information content (AvgIpc) is 2.95. The molecular weight excluding hydrogens is 226 g/mol. The number of ether oxygens (including phenoxy) is 1. The van der Waals surface area contributed by atoms with Gasteiger partial charge in [0.15, 0.2) is 0 Å². The molecule has 0 bridgehead atoms. The van der Waals surface area contributed by atoms with Gasteiger partial charge in [-0.3, -0.25) is 0 Å². The number of rotatable bonds is 3. The second-order valence-corrected chi connectivity index (χ2v) is 5.73. The summed E-state index contributed by atoms with van der Waals surface area (Å²) in [5.41, 5.74) is 7.96. The van der Waals surface area contributed by atoms with Crippen molar-refractivity contribution in [3.63, 3.8) is 0 Å². The van der Waals surface area contributed by atoms with Crippen LogP contribution >= 0.6 is 0 Å². The maximum atomic E-state index is 10.2. The van der Waals surface area contributed by atoms with Crippen LogP contribution in [-0.4, -0.2) is 17.3 Å². The highest BCUT2D eigenvalue weighted by atomic mass is 16.5. The minimum absolute atomic E-state index is 0.188. The van der Waals surface area contributed by atoms with E-state index in [2.05, 4.69) is 12.1 Å². The fourth-order valence-electron chi connectivity index (χ4n) is 3.11. The third kappa shape index (κ3) is 2.25. The van der Waals surface area contributed by atoms with Gasteiger partial charge in [-0.05, 0) is 48.9 Å². The van der Waals surface area contributed by atoms with Crippen LogP contribution in [0.2, 0.25) is 0 Å². The van der Waals surface area contributed by atoms with E-state index < -0.39 is 5.60 Å². The molecule has 0 aromatic heterocycles. The third-order valence-corrected chi connectivity index (χ3v) is 4.28. The van der Waals surface area contributed by atoms with Crippen LogP contribution in [-0.2, 0) is 6.42 Å². The van der Waals surface area contributed by atoms with Gasteiger partial charge < -0.3 is 15.6 Å². The van der Waals surface area contributed by atoms with Crippen LogP contribution in [0.15, 0.2) is 18.2 Å². The van der Waals surface area contributed by atoms with Crippen molar-refractivity contribution in [2.24, 2.45) is 5.73 Å². The zero-order chi connectivity index (χ0) is 12.6. The quantitative estimate of drug-likeness (QED) is 0.861. The van der Waals surface area contributed by atoms with E-state index in [0.29, 0.717) is 6.61 Å². The summed E-state index contributed by atoms with van der Waals surface area (Å²) in [6.45, 7) is 0.415. The molecule has 98 valence electrons. The number of benzene rings is 1. The highest BCUT2D eigenvalue weighted by Crippen LogP contribution is 2.33. The molecule has 0 radical (unpaired) electrons. The lowest BCUT2D eigenvalue weighted by Crippen LogP contribution is -2.32. The lowest BCUT2D eigenvalue weighted by atomic mass is 10.0. The molecule has 0 spiro atoms. The molecule has 3 rings (SSSR count). The average molecular weight is 247 g/mol. The second kappa shape index (κ2) is 4.56. The predicted octanol–water partition coefficient (Wildman–Crippen LogP) is 2.32. The van der Waals surface area contributed by atoms with Crippen molar-refractivity contribution >= 4 is 0 Å². The van der Waals surface area contributed by atoms with Gasteiger partial charge in [-0.1, -0.05) is 18.9 Å². The molecule has 3 N–H and O–H groups in total. The SMILES string of the molecule is N[C@@H]1CCc2cc(OCC3(O)CCCC3)ccc21. The van der Waals surface area contributed by atoms with E-state index in [1.807, 2.05) is 6.07 Å².